The van der Waals surface area contributed by atoms with Crippen molar-refractivity contribution in [2.75, 3.05) is 5.75 Å². The average Bonchev–Trinajstić information content (AvgIpc) is 2.79. The fourth-order valence-electron chi connectivity index (χ4n) is 2.04. The minimum Gasteiger partial charge on any atom is -0.263 e. The molecule has 1 N–H and O–H groups in total. The maximum absolute atomic E-state index is 11.8. The Morgan fingerprint density at radius 3 is 2.58 bits per heavy atom. The number of fused-ring (bicyclic) bond motifs is 1. The molecule has 0 aromatic heterocycles. The van der Waals surface area contributed by atoms with Crippen LogP contribution in [-0.4, -0.2) is 34.5 Å². The molecule has 1 aromatic carbocycles. The topological polar surface area (TPSA) is 92.7 Å². The largest absolute Gasteiger partial charge is 0.263 e. The van der Waals surface area contributed by atoms with Crippen LogP contribution >= 0.6 is 0 Å². The second-order valence-electron chi connectivity index (χ2n) is 4.30. The first kappa shape index (κ1) is 12.4. The predicted molar refractivity (Wildman–Crippen MR) is 70.0 cm³/mol. The van der Waals surface area contributed by atoms with Gasteiger partial charge in [-0.05, 0) is 18.2 Å². The first-order valence-electron chi connectivity index (χ1n) is 5.48. The van der Waals surface area contributed by atoms with Crippen molar-refractivity contribution in [1.82, 2.24) is 4.72 Å². The van der Waals surface area contributed by atoms with E-state index in [9.17, 15) is 16.8 Å². The molecule has 2 aliphatic rings. The van der Waals surface area contributed by atoms with Crippen molar-refractivity contribution in [1.29, 1.82) is 0 Å². The van der Waals surface area contributed by atoms with Crippen LogP contribution in [0.25, 0.3) is 0 Å². The summed E-state index contributed by atoms with van der Waals surface area (Å²) in [4.78, 5) is 4.33. The fourth-order valence-corrected chi connectivity index (χ4v) is 4.47. The number of benzene rings is 1. The summed E-state index contributed by atoms with van der Waals surface area (Å²) in [5, 5.41) is 1.11. The van der Waals surface area contributed by atoms with Gasteiger partial charge in [-0.2, -0.15) is 0 Å². The van der Waals surface area contributed by atoms with Gasteiger partial charge >= 0.3 is 0 Å². The molecular weight excluding hydrogens is 288 g/mol. The summed E-state index contributed by atoms with van der Waals surface area (Å²) in [6, 6.07) is 5.91. The Morgan fingerprint density at radius 1 is 1.16 bits per heavy atom. The Kier molecular flexibility index (Phi) is 2.55. The van der Waals surface area contributed by atoms with Crippen LogP contribution in [0.15, 0.2) is 45.6 Å². The van der Waals surface area contributed by atoms with Gasteiger partial charge in [-0.1, -0.05) is 12.1 Å². The molecule has 6 nitrogen and oxygen atoms in total. The molecule has 2 heterocycles. The highest BCUT2D eigenvalue weighted by Crippen LogP contribution is 2.23. The molecule has 1 atom stereocenters. The molecule has 0 amide bonds. The minimum absolute atomic E-state index is 0.125. The molecule has 0 saturated heterocycles. The Morgan fingerprint density at radius 2 is 1.89 bits per heavy atom. The lowest BCUT2D eigenvalue weighted by Gasteiger charge is -2.03. The third kappa shape index (κ3) is 2.17. The van der Waals surface area contributed by atoms with Crippen molar-refractivity contribution < 1.29 is 16.8 Å². The highest BCUT2D eigenvalue weighted by Gasteiger charge is 2.31. The third-order valence-electron chi connectivity index (χ3n) is 2.87. The van der Waals surface area contributed by atoms with Gasteiger partial charge in [0.25, 0.3) is 10.0 Å². The summed E-state index contributed by atoms with van der Waals surface area (Å²) in [5.41, 5.74) is 0.472. The molecule has 0 spiro atoms. The van der Waals surface area contributed by atoms with Crippen molar-refractivity contribution in [3.8, 4) is 0 Å². The standard InChI is InChI=1S/C11H10N2O4S2/c14-18(15)6-5-8(7-18)12-11-9-3-1-2-4-10(9)19(16,17)13-11/h1-6,8H,7H2,(H,12,13). The summed E-state index contributed by atoms with van der Waals surface area (Å²) in [7, 11) is -6.79. The third-order valence-corrected chi connectivity index (χ3v) is 5.64. The van der Waals surface area contributed by atoms with E-state index in [0.29, 0.717) is 5.56 Å². The van der Waals surface area contributed by atoms with Gasteiger partial charge < -0.3 is 0 Å². The van der Waals surface area contributed by atoms with Crippen LogP contribution in [0.5, 0.6) is 0 Å². The molecule has 1 unspecified atom stereocenters. The molecule has 2 aliphatic heterocycles. The van der Waals surface area contributed by atoms with E-state index in [-0.39, 0.29) is 16.5 Å². The smallest absolute Gasteiger partial charge is 0.263 e. The van der Waals surface area contributed by atoms with E-state index in [2.05, 4.69) is 9.71 Å². The molecular formula is C11H10N2O4S2. The predicted octanol–water partition coefficient (Wildman–Crippen LogP) is 0.0358. The molecule has 0 radical (unpaired) electrons. The van der Waals surface area contributed by atoms with Gasteiger partial charge in [0, 0.05) is 11.0 Å². The number of sulfone groups is 1. The molecule has 0 aliphatic carbocycles. The average molecular weight is 298 g/mol. The van der Waals surface area contributed by atoms with Crippen molar-refractivity contribution in [3.05, 3.63) is 41.3 Å². The van der Waals surface area contributed by atoms with Crippen LogP contribution in [-0.2, 0) is 19.9 Å². The number of rotatable bonds is 1. The molecule has 0 fully saturated rings. The van der Waals surface area contributed by atoms with Crippen LogP contribution in [0.1, 0.15) is 5.56 Å². The van der Waals surface area contributed by atoms with E-state index >= 15 is 0 Å². The highest BCUT2D eigenvalue weighted by atomic mass is 32.2. The number of amidine groups is 1. The lowest BCUT2D eigenvalue weighted by molar-refractivity contribution is 0.595. The summed E-state index contributed by atoms with van der Waals surface area (Å²) in [5.74, 6) is 0.0720. The fraction of sp³-hybridized carbons (Fsp3) is 0.182. The van der Waals surface area contributed by atoms with E-state index in [1.165, 1.54) is 12.1 Å². The quantitative estimate of drug-likeness (QED) is 0.792. The van der Waals surface area contributed by atoms with Crippen LogP contribution in [0.3, 0.4) is 0 Å². The van der Waals surface area contributed by atoms with Crippen molar-refractivity contribution >= 4 is 25.7 Å². The number of hydrogen-bond donors (Lipinski definition) is 1. The van der Waals surface area contributed by atoms with E-state index in [4.69, 9.17) is 0 Å². The van der Waals surface area contributed by atoms with Crippen LogP contribution in [0, 0.1) is 0 Å². The van der Waals surface area contributed by atoms with Crippen LogP contribution in [0.4, 0.5) is 0 Å². The number of aliphatic imine (C=N–C) groups is 1. The van der Waals surface area contributed by atoms with E-state index in [0.717, 1.165) is 5.41 Å². The van der Waals surface area contributed by atoms with E-state index < -0.39 is 25.9 Å². The zero-order chi connectivity index (χ0) is 13.7. The monoisotopic (exact) mass is 298 g/mol. The Bertz CT molecular complexity index is 807. The number of hydrogen-bond acceptors (Lipinski definition) is 5. The summed E-state index contributed by atoms with van der Waals surface area (Å²) >= 11 is 0. The van der Waals surface area contributed by atoms with Gasteiger partial charge in [-0.25, -0.2) is 16.8 Å². The number of nitrogens with zero attached hydrogens (tertiary/aromatic N) is 1. The zero-order valence-electron chi connectivity index (χ0n) is 9.65. The lowest BCUT2D eigenvalue weighted by Crippen LogP contribution is -2.24. The SMILES string of the molecule is O=S1(=O)C=CC(N=C2NS(=O)(=O)c3ccccc32)C1. The minimum atomic E-state index is -3.58. The summed E-state index contributed by atoms with van der Waals surface area (Å²) in [6.45, 7) is 0. The maximum Gasteiger partial charge on any atom is 0.263 e. The lowest BCUT2D eigenvalue weighted by atomic mass is 10.2. The Balaban J connectivity index is 2.04. The molecule has 100 valence electrons. The second-order valence-corrected chi connectivity index (χ2v) is 7.89. The van der Waals surface area contributed by atoms with Gasteiger partial charge in [-0.15, -0.1) is 0 Å². The molecule has 8 heteroatoms. The van der Waals surface area contributed by atoms with Gasteiger partial charge in [-0.3, -0.25) is 9.71 Å². The van der Waals surface area contributed by atoms with Gasteiger partial charge in [0.1, 0.15) is 5.84 Å². The summed E-state index contributed by atoms with van der Waals surface area (Å²) < 4.78 is 48.6. The van der Waals surface area contributed by atoms with Gasteiger partial charge in [0.05, 0.1) is 16.7 Å². The second kappa shape index (κ2) is 3.91. The first-order chi connectivity index (χ1) is 8.87. The van der Waals surface area contributed by atoms with Crippen molar-refractivity contribution in [2.45, 2.75) is 10.9 Å². The summed E-state index contributed by atoms with van der Waals surface area (Å²) in [6.07, 6.45) is 1.46. The molecule has 3 rings (SSSR count). The van der Waals surface area contributed by atoms with Crippen molar-refractivity contribution in [2.24, 2.45) is 4.99 Å². The van der Waals surface area contributed by atoms with Crippen LogP contribution < -0.4 is 4.72 Å². The molecule has 0 bridgehead atoms. The van der Waals surface area contributed by atoms with Crippen molar-refractivity contribution in [3.63, 3.8) is 0 Å². The van der Waals surface area contributed by atoms with E-state index in [1.54, 1.807) is 18.2 Å². The van der Waals surface area contributed by atoms with Crippen LogP contribution in [0.2, 0.25) is 0 Å². The zero-order valence-corrected chi connectivity index (χ0v) is 11.3. The molecule has 0 saturated carbocycles. The Labute approximate surface area is 110 Å². The van der Waals surface area contributed by atoms with E-state index in [1.807, 2.05) is 0 Å². The Hall–Kier alpha value is -1.67. The number of sulfonamides is 1. The van der Waals surface area contributed by atoms with Gasteiger partial charge in [0.15, 0.2) is 9.84 Å². The maximum atomic E-state index is 11.8. The van der Waals surface area contributed by atoms with Gasteiger partial charge in [0.2, 0.25) is 0 Å². The molecule has 19 heavy (non-hydrogen) atoms. The highest BCUT2D eigenvalue weighted by molar-refractivity contribution is 7.94. The normalized spacial score (nSPS) is 28.2. The number of nitrogens with one attached hydrogen (secondary N) is 1. The first-order valence-corrected chi connectivity index (χ1v) is 8.68. The molecule has 1 aromatic rings.